The minimum Gasteiger partial charge on any atom is -0.375 e. The van der Waals surface area contributed by atoms with Crippen LogP contribution in [0.4, 0.5) is 0 Å². The highest BCUT2D eigenvalue weighted by atomic mass is 16.5. The first kappa shape index (κ1) is 17.0. The fraction of sp³-hybridized carbons (Fsp3) is 0.579. The summed E-state index contributed by atoms with van der Waals surface area (Å²) in [5.74, 6) is -0.0817. The second-order valence-electron chi connectivity index (χ2n) is 6.71. The third-order valence-electron chi connectivity index (χ3n) is 4.95. The van der Waals surface area contributed by atoms with Crippen molar-refractivity contribution in [2.24, 2.45) is 5.92 Å². The van der Waals surface area contributed by atoms with E-state index in [4.69, 9.17) is 4.74 Å². The van der Waals surface area contributed by atoms with Gasteiger partial charge >= 0.3 is 0 Å². The second-order valence-corrected chi connectivity index (χ2v) is 6.71. The SMILES string of the molecule is O=C(NCCOCc1ccccc1)C1CC(=O)N(C2CCCC2)C1. The molecule has 2 aliphatic rings. The molecule has 1 aliphatic carbocycles. The number of ether oxygens (including phenoxy) is 1. The molecule has 0 spiro atoms. The van der Waals surface area contributed by atoms with Crippen molar-refractivity contribution in [3.8, 4) is 0 Å². The highest BCUT2D eigenvalue weighted by Gasteiger charge is 2.38. The first-order chi connectivity index (χ1) is 11.7. The molecule has 1 aromatic carbocycles. The van der Waals surface area contributed by atoms with Crippen LogP contribution in [0.1, 0.15) is 37.7 Å². The topological polar surface area (TPSA) is 58.6 Å². The molecule has 1 aromatic rings. The summed E-state index contributed by atoms with van der Waals surface area (Å²) < 4.78 is 5.56. The number of benzene rings is 1. The summed E-state index contributed by atoms with van der Waals surface area (Å²) in [6, 6.07) is 10.3. The monoisotopic (exact) mass is 330 g/mol. The molecule has 24 heavy (non-hydrogen) atoms. The molecule has 2 fully saturated rings. The van der Waals surface area contributed by atoms with E-state index in [1.54, 1.807) is 0 Å². The minimum atomic E-state index is -0.202. The Morgan fingerprint density at radius 1 is 1.21 bits per heavy atom. The van der Waals surface area contributed by atoms with E-state index in [0.717, 1.165) is 18.4 Å². The van der Waals surface area contributed by atoms with Crippen molar-refractivity contribution in [1.29, 1.82) is 0 Å². The van der Waals surface area contributed by atoms with Gasteiger partial charge in [0, 0.05) is 25.6 Å². The maximum Gasteiger partial charge on any atom is 0.225 e. The van der Waals surface area contributed by atoms with Crippen molar-refractivity contribution in [1.82, 2.24) is 10.2 Å². The summed E-state index contributed by atoms with van der Waals surface area (Å²) in [7, 11) is 0. The van der Waals surface area contributed by atoms with E-state index in [2.05, 4.69) is 5.32 Å². The lowest BCUT2D eigenvalue weighted by atomic mass is 10.1. The normalized spacial score (nSPS) is 21.4. The fourth-order valence-electron chi connectivity index (χ4n) is 3.63. The minimum absolute atomic E-state index is 0.0211. The number of nitrogens with one attached hydrogen (secondary N) is 1. The molecule has 1 heterocycles. The Bertz CT molecular complexity index is 555. The number of hydrogen-bond donors (Lipinski definition) is 1. The molecule has 0 radical (unpaired) electrons. The zero-order valence-corrected chi connectivity index (χ0v) is 14.1. The van der Waals surface area contributed by atoms with Gasteiger partial charge < -0.3 is 15.0 Å². The Balaban J connectivity index is 1.34. The van der Waals surface area contributed by atoms with Crippen LogP contribution in [-0.4, -0.2) is 42.5 Å². The maximum atomic E-state index is 12.2. The van der Waals surface area contributed by atoms with Gasteiger partial charge in [-0.2, -0.15) is 0 Å². The first-order valence-corrected chi connectivity index (χ1v) is 8.93. The number of hydrogen-bond acceptors (Lipinski definition) is 3. The van der Waals surface area contributed by atoms with Gasteiger partial charge in [0.1, 0.15) is 0 Å². The van der Waals surface area contributed by atoms with Crippen LogP contribution in [0.25, 0.3) is 0 Å². The number of likely N-dealkylation sites (tertiary alicyclic amines) is 1. The van der Waals surface area contributed by atoms with Gasteiger partial charge in [0.2, 0.25) is 11.8 Å². The lowest BCUT2D eigenvalue weighted by Gasteiger charge is -2.23. The number of carbonyl (C=O) groups excluding carboxylic acids is 2. The van der Waals surface area contributed by atoms with Gasteiger partial charge in [-0.25, -0.2) is 0 Å². The largest absolute Gasteiger partial charge is 0.375 e. The van der Waals surface area contributed by atoms with Crippen LogP contribution in [0.3, 0.4) is 0 Å². The highest BCUT2D eigenvalue weighted by Crippen LogP contribution is 2.29. The Morgan fingerprint density at radius 2 is 1.96 bits per heavy atom. The van der Waals surface area contributed by atoms with Crippen LogP contribution in [-0.2, 0) is 20.9 Å². The van der Waals surface area contributed by atoms with Gasteiger partial charge in [-0.1, -0.05) is 43.2 Å². The van der Waals surface area contributed by atoms with Crippen molar-refractivity contribution in [2.75, 3.05) is 19.7 Å². The molecule has 2 amide bonds. The third kappa shape index (κ3) is 4.35. The zero-order valence-electron chi connectivity index (χ0n) is 14.1. The quantitative estimate of drug-likeness (QED) is 0.779. The van der Waals surface area contributed by atoms with E-state index in [0.29, 0.717) is 38.8 Å². The molecular formula is C19H26N2O3. The molecule has 1 N–H and O–H groups in total. The number of carbonyl (C=O) groups is 2. The van der Waals surface area contributed by atoms with Gasteiger partial charge in [0.05, 0.1) is 19.1 Å². The molecule has 1 saturated carbocycles. The smallest absolute Gasteiger partial charge is 0.225 e. The summed E-state index contributed by atoms with van der Waals surface area (Å²) in [5.41, 5.74) is 1.12. The van der Waals surface area contributed by atoms with Crippen molar-refractivity contribution in [3.63, 3.8) is 0 Å². The average Bonchev–Trinajstić information content (AvgIpc) is 3.24. The molecule has 3 rings (SSSR count). The van der Waals surface area contributed by atoms with Crippen LogP contribution < -0.4 is 5.32 Å². The summed E-state index contributed by atoms with van der Waals surface area (Å²) in [6.07, 6.45) is 4.93. The lowest BCUT2D eigenvalue weighted by Crippen LogP contribution is -2.37. The number of rotatable bonds is 7. The molecule has 1 unspecified atom stereocenters. The van der Waals surface area contributed by atoms with Gasteiger partial charge in [-0.15, -0.1) is 0 Å². The summed E-state index contributed by atoms with van der Waals surface area (Å²) in [6.45, 7) is 2.10. The van der Waals surface area contributed by atoms with Gasteiger partial charge in [-0.05, 0) is 18.4 Å². The Morgan fingerprint density at radius 3 is 2.71 bits per heavy atom. The molecular weight excluding hydrogens is 304 g/mol. The molecule has 1 aliphatic heterocycles. The Labute approximate surface area is 143 Å². The Kier molecular flexibility index (Phi) is 5.86. The molecule has 0 aromatic heterocycles. The molecule has 130 valence electrons. The van der Waals surface area contributed by atoms with Crippen LogP contribution in [0, 0.1) is 5.92 Å². The number of nitrogens with zero attached hydrogens (tertiary/aromatic N) is 1. The van der Waals surface area contributed by atoms with Crippen LogP contribution in [0.15, 0.2) is 30.3 Å². The summed E-state index contributed by atoms with van der Waals surface area (Å²) in [5, 5.41) is 2.90. The van der Waals surface area contributed by atoms with Crippen LogP contribution in [0.2, 0.25) is 0 Å². The summed E-state index contributed by atoms with van der Waals surface area (Å²) in [4.78, 5) is 26.3. The zero-order chi connectivity index (χ0) is 16.8. The van der Waals surface area contributed by atoms with Crippen molar-refractivity contribution >= 4 is 11.8 Å². The van der Waals surface area contributed by atoms with E-state index in [-0.39, 0.29) is 17.7 Å². The summed E-state index contributed by atoms with van der Waals surface area (Å²) >= 11 is 0. The molecule has 1 atom stereocenters. The standard InChI is InChI=1S/C19H26N2O3/c22-18-12-16(13-21(18)17-8-4-5-9-17)19(23)20-10-11-24-14-15-6-2-1-3-7-15/h1-3,6-7,16-17H,4-5,8-14H2,(H,20,23). The fourth-order valence-corrected chi connectivity index (χ4v) is 3.63. The van der Waals surface area contributed by atoms with E-state index >= 15 is 0 Å². The first-order valence-electron chi connectivity index (χ1n) is 8.93. The van der Waals surface area contributed by atoms with Gasteiger partial charge in [-0.3, -0.25) is 9.59 Å². The molecule has 5 heteroatoms. The van der Waals surface area contributed by atoms with E-state index < -0.39 is 0 Å². The van der Waals surface area contributed by atoms with Crippen molar-refractivity contribution in [2.45, 2.75) is 44.8 Å². The molecule has 5 nitrogen and oxygen atoms in total. The molecule has 0 bridgehead atoms. The maximum absolute atomic E-state index is 12.2. The van der Waals surface area contributed by atoms with Crippen LogP contribution >= 0.6 is 0 Å². The van der Waals surface area contributed by atoms with Crippen molar-refractivity contribution in [3.05, 3.63) is 35.9 Å². The van der Waals surface area contributed by atoms with Crippen LogP contribution in [0.5, 0.6) is 0 Å². The predicted molar refractivity (Wildman–Crippen MR) is 91.2 cm³/mol. The lowest BCUT2D eigenvalue weighted by molar-refractivity contribution is -0.130. The number of amides is 2. The highest BCUT2D eigenvalue weighted by molar-refractivity contribution is 5.89. The van der Waals surface area contributed by atoms with Gasteiger partial charge in [0.25, 0.3) is 0 Å². The van der Waals surface area contributed by atoms with Crippen molar-refractivity contribution < 1.29 is 14.3 Å². The average molecular weight is 330 g/mol. The second kappa shape index (κ2) is 8.29. The van der Waals surface area contributed by atoms with E-state index in [1.807, 2.05) is 35.2 Å². The van der Waals surface area contributed by atoms with E-state index in [9.17, 15) is 9.59 Å². The predicted octanol–water partition coefficient (Wildman–Crippen LogP) is 2.11. The van der Waals surface area contributed by atoms with E-state index in [1.165, 1.54) is 12.8 Å². The van der Waals surface area contributed by atoms with Gasteiger partial charge in [0.15, 0.2) is 0 Å². The Hall–Kier alpha value is -1.88. The third-order valence-corrected chi connectivity index (χ3v) is 4.95. The molecule has 1 saturated heterocycles.